The number of methoxy groups -OCH3 is 1. The summed E-state index contributed by atoms with van der Waals surface area (Å²) in [6, 6.07) is 15.1. The lowest BCUT2D eigenvalue weighted by Crippen LogP contribution is -2.63. The molecule has 4 fully saturated rings. The van der Waals surface area contributed by atoms with E-state index in [0.717, 1.165) is 83.1 Å². The van der Waals surface area contributed by atoms with E-state index >= 15 is 9.59 Å². The van der Waals surface area contributed by atoms with Crippen molar-refractivity contribution < 1.29 is 33.8 Å². The Labute approximate surface area is 439 Å². The third-order valence-corrected chi connectivity index (χ3v) is 16.8. The van der Waals surface area contributed by atoms with Gasteiger partial charge in [-0.25, -0.2) is 19.8 Å². The van der Waals surface area contributed by atoms with Crippen LogP contribution in [0, 0.1) is 28.6 Å². The number of benzene rings is 2. The lowest BCUT2D eigenvalue weighted by atomic mass is 9.84. The first kappa shape index (κ1) is 51.9. The molecule has 3 aromatic heterocycles. The molecule has 2 saturated heterocycles. The molecule has 5 aromatic rings. The van der Waals surface area contributed by atoms with Crippen molar-refractivity contribution >= 4 is 34.7 Å². The summed E-state index contributed by atoms with van der Waals surface area (Å²) >= 11 is 0. The van der Waals surface area contributed by atoms with Gasteiger partial charge in [-0.1, -0.05) is 38.8 Å². The van der Waals surface area contributed by atoms with Crippen LogP contribution in [0.2, 0.25) is 0 Å². The number of aromatic nitrogens is 4. The second-order valence-electron chi connectivity index (χ2n) is 22.5. The number of nitrogens with zero attached hydrogens (tertiary/aromatic N) is 8. The fourth-order valence-corrected chi connectivity index (χ4v) is 12.7. The number of imidazole rings is 1. The number of phenolic OH excluding ortho intramolecular Hbond substituents is 1. The third kappa shape index (κ3) is 10.5. The number of hydrogen-bond donors (Lipinski definition) is 3. The number of nitrogens with one attached hydrogen (secondary N) is 2. The van der Waals surface area contributed by atoms with Gasteiger partial charge in [0.25, 0.3) is 5.91 Å². The molecule has 3 amide bonds. The molecular weight excluding hydrogens is 949 g/mol. The summed E-state index contributed by atoms with van der Waals surface area (Å²) in [5, 5.41) is 27.0. The minimum absolute atomic E-state index is 0.0205. The number of ether oxygens (including phenoxy) is 2. The summed E-state index contributed by atoms with van der Waals surface area (Å²) in [5.41, 5.74) is 9.88. The number of carbonyl (C=O) groups excluding carboxylic acids is 4. The molecule has 3 N–H and O–H groups in total. The number of cyclic esters (lactones) is 1. The zero-order chi connectivity index (χ0) is 52.7. The molecule has 6 bridgehead atoms. The standard InChI is InChI=1S/C58H72N10O7/c1-7-65-48-19-18-39-30-44(48)45(53(65)43-14-10-21-61-51(43)35(2)74-6)32-58(3,4)34-75-56(72)46-15-11-23-68(63-46)55(71)47(28-36-26-40(39)29-42(69)27-36)62-54(70)52(38-12-8-9-13-38)64(5)41-20-24-66(49(31-41)37-16-17-37)57(73)67-25-22-60-50(67)33-59/h10,14,18-19,21-22,25-27,29-30,35,37-38,41,46-47,49,52,63,69H,7-9,11-13,15-17,20,23-24,28,31-32,34H2,1-6H3,(H,62,70)/t35-,41?,46-,47-,49?,52-/m0/s1. The van der Waals surface area contributed by atoms with Gasteiger partial charge in [0.1, 0.15) is 23.9 Å². The smallest absolute Gasteiger partial charge is 0.330 e. The van der Waals surface area contributed by atoms with Crippen LogP contribution in [0.4, 0.5) is 4.79 Å². The van der Waals surface area contributed by atoms with Crippen LogP contribution in [0.1, 0.15) is 121 Å². The van der Waals surface area contributed by atoms with E-state index in [1.54, 1.807) is 31.6 Å². The maximum Gasteiger partial charge on any atom is 0.330 e. The van der Waals surface area contributed by atoms with Crippen molar-refractivity contribution in [2.75, 3.05) is 33.9 Å². The number of aryl methyl sites for hydroxylation is 1. The predicted octanol–water partition coefficient (Wildman–Crippen LogP) is 7.92. The third-order valence-electron chi connectivity index (χ3n) is 16.8. The zero-order valence-electron chi connectivity index (χ0n) is 44.3. The molecular formula is C58H72N10O7. The number of fused-ring (bicyclic) bond motifs is 6. The highest BCUT2D eigenvalue weighted by Crippen LogP contribution is 2.44. The molecule has 6 heterocycles. The first-order valence-corrected chi connectivity index (χ1v) is 27.1. The Kier molecular flexibility index (Phi) is 14.9. The van der Waals surface area contributed by atoms with Crippen molar-refractivity contribution in [1.82, 2.24) is 44.7 Å². The summed E-state index contributed by atoms with van der Waals surface area (Å²) in [4.78, 5) is 71.5. The van der Waals surface area contributed by atoms with Gasteiger partial charge in [-0.15, -0.1) is 0 Å². The average molecular weight is 1020 g/mol. The number of phenols is 1. The lowest BCUT2D eigenvalue weighted by Gasteiger charge is -2.45. The fourth-order valence-electron chi connectivity index (χ4n) is 12.7. The number of pyridine rings is 1. The maximum atomic E-state index is 15.3. The molecule has 2 aliphatic carbocycles. The molecule has 2 saturated carbocycles. The van der Waals surface area contributed by atoms with Crippen LogP contribution in [0.5, 0.6) is 5.75 Å². The Morgan fingerprint density at radius 2 is 1.81 bits per heavy atom. The second kappa shape index (κ2) is 21.6. The van der Waals surface area contributed by atoms with Crippen LogP contribution in [0.25, 0.3) is 33.3 Å². The van der Waals surface area contributed by atoms with Gasteiger partial charge < -0.3 is 29.4 Å². The summed E-state index contributed by atoms with van der Waals surface area (Å²) in [7, 11) is 3.70. The first-order chi connectivity index (χ1) is 36.2. The van der Waals surface area contributed by atoms with Crippen molar-refractivity contribution in [2.45, 2.75) is 148 Å². The SMILES string of the molecule is CCn1c(-c2cccnc2[C@H](C)OC)c2c3cc(ccc31)-c1cc(O)cc(c1)C[C@H](NC(=O)[C@H](C1CCCC1)N(C)C1CCN(C(=O)n3ccnc3C#N)C(C3CC3)C1)C(=O)N1CCC[C@H](N1)C(=O)OCC(C)(C)C2. The van der Waals surface area contributed by atoms with Crippen molar-refractivity contribution in [1.29, 1.82) is 5.26 Å². The fraction of sp³-hybridized carbons (Fsp3) is 0.534. The van der Waals surface area contributed by atoms with Crippen LogP contribution < -0.4 is 10.7 Å². The number of rotatable bonds is 10. The van der Waals surface area contributed by atoms with E-state index in [1.807, 2.05) is 37.1 Å². The number of hydrazine groups is 1. The number of nitriles is 1. The summed E-state index contributed by atoms with van der Waals surface area (Å²) in [6.07, 6.45) is 13.3. The van der Waals surface area contributed by atoms with Crippen LogP contribution in [-0.2, 0) is 43.2 Å². The van der Waals surface area contributed by atoms with Gasteiger partial charge >= 0.3 is 12.0 Å². The molecule has 0 spiro atoms. The quantitative estimate of drug-likeness (QED) is 0.114. The largest absolute Gasteiger partial charge is 0.508 e. The highest BCUT2D eigenvalue weighted by molar-refractivity contribution is 5.96. The summed E-state index contributed by atoms with van der Waals surface area (Å²) in [6.45, 7) is 9.92. The van der Waals surface area contributed by atoms with Crippen LogP contribution >= 0.6 is 0 Å². The Bertz CT molecular complexity index is 3000. The number of carbonyl (C=O) groups is 4. The molecule has 5 aliphatic rings. The monoisotopic (exact) mass is 1020 g/mol. The van der Waals surface area contributed by atoms with E-state index in [4.69, 9.17) is 14.5 Å². The molecule has 2 unspecified atom stereocenters. The van der Waals surface area contributed by atoms with Gasteiger partial charge in [0, 0.05) is 85.7 Å². The molecule has 17 nitrogen and oxygen atoms in total. The van der Waals surface area contributed by atoms with E-state index in [0.29, 0.717) is 63.2 Å². The van der Waals surface area contributed by atoms with Gasteiger partial charge in [-0.05, 0) is 149 Å². The predicted molar refractivity (Wildman–Crippen MR) is 283 cm³/mol. The number of likely N-dealkylation sites (tertiary alicyclic amines) is 1. The van der Waals surface area contributed by atoms with Crippen molar-refractivity contribution in [3.63, 3.8) is 0 Å². The van der Waals surface area contributed by atoms with Gasteiger partial charge in [-0.3, -0.25) is 29.3 Å². The molecule has 17 heteroatoms. The minimum Gasteiger partial charge on any atom is -0.508 e. The van der Waals surface area contributed by atoms with Crippen LogP contribution in [-0.4, -0.2) is 127 Å². The molecule has 2 aromatic carbocycles. The van der Waals surface area contributed by atoms with Crippen molar-refractivity contribution in [3.05, 3.63) is 89.8 Å². The van der Waals surface area contributed by atoms with Gasteiger partial charge in [0.15, 0.2) is 0 Å². The number of hydrogen-bond acceptors (Lipinski definition) is 12. The topological polar surface area (TPSA) is 200 Å². The van der Waals surface area contributed by atoms with E-state index in [9.17, 15) is 20.0 Å². The summed E-state index contributed by atoms with van der Waals surface area (Å²) in [5.74, 6) is -0.597. The Hall–Kier alpha value is -6.61. The Morgan fingerprint density at radius 1 is 1.01 bits per heavy atom. The van der Waals surface area contributed by atoms with Gasteiger partial charge in [0.2, 0.25) is 11.7 Å². The highest BCUT2D eigenvalue weighted by Gasteiger charge is 2.46. The highest BCUT2D eigenvalue weighted by atomic mass is 16.5. The van der Waals surface area contributed by atoms with E-state index in [1.165, 1.54) is 15.8 Å². The van der Waals surface area contributed by atoms with Crippen molar-refractivity contribution in [2.24, 2.45) is 17.3 Å². The van der Waals surface area contributed by atoms with Crippen molar-refractivity contribution in [3.8, 4) is 34.2 Å². The lowest BCUT2D eigenvalue weighted by molar-refractivity contribution is -0.155. The van der Waals surface area contributed by atoms with E-state index in [2.05, 4.69) is 70.2 Å². The molecule has 396 valence electrons. The van der Waals surface area contributed by atoms with E-state index in [-0.39, 0.29) is 66.6 Å². The van der Waals surface area contributed by atoms with Crippen LogP contribution in [0.15, 0.2) is 67.1 Å². The first-order valence-electron chi connectivity index (χ1n) is 27.1. The Morgan fingerprint density at radius 3 is 2.56 bits per heavy atom. The maximum absolute atomic E-state index is 15.3. The van der Waals surface area contributed by atoms with E-state index < -0.39 is 29.5 Å². The number of amides is 3. The normalized spacial score (nSPS) is 23.4. The molecule has 0 radical (unpaired) electrons. The summed E-state index contributed by atoms with van der Waals surface area (Å²) < 4.78 is 15.7. The van der Waals surface area contributed by atoms with Gasteiger partial charge in [0.05, 0.1) is 30.1 Å². The van der Waals surface area contributed by atoms with Crippen LogP contribution in [0.3, 0.4) is 0 Å². The second-order valence-corrected chi connectivity index (χ2v) is 22.5. The number of aromatic hydroxyl groups is 1. The zero-order valence-corrected chi connectivity index (χ0v) is 44.3. The average Bonchev–Trinajstić information content (AvgIpc) is 3.77. The number of esters is 1. The molecule has 10 rings (SSSR count). The number of likely N-dealkylation sites (N-methyl/N-ethyl adjacent to an activating group) is 1. The molecule has 75 heavy (non-hydrogen) atoms. The Balaban J connectivity index is 1.01. The number of piperidine rings is 1. The van der Waals surface area contributed by atoms with Gasteiger partial charge in [-0.2, -0.15) is 5.26 Å². The molecule has 3 aliphatic heterocycles. The minimum atomic E-state index is -1.06. The molecule has 6 atom stereocenters.